The first-order valence-electron chi connectivity index (χ1n) is 11.0. The number of aryl methyl sites for hydroxylation is 1. The first kappa shape index (κ1) is 20.8. The monoisotopic (exact) mass is 421 g/mol. The van der Waals surface area contributed by atoms with E-state index in [0.29, 0.717) is 5.25 Å². The molecule has 29 heavy (non-hydrogen) atoms. The van der Waals surface area contributed by atoms with Crippen molar-refractivity contribution in [2.24, 2.45) is 16.8 Å². The van der Waals surface area contributed by atoms with E-state index in [1.54, 1.807) is 11.8 Å². The Hall–Kier alpha value is -1.45. The second-order valence-electron chi connectivity index (χ2n) is 8.38. The number of hydrogen-bond donors (Lipinski definition) is 0. The van der Waals surface area contributed by atoms with Crippen molar-refractivity contribution in [3.8, 4) is 0 Å². The fraction of sp³-hybridized carbons (Fsp3) is 0.423. The molecular formula is C26H31NS2. The van der Waals surface area contributed by atoms with Gasteiger partial charge in [0.25, 0.3) is 0 Å². The molecule has 0 radical (unpaired) electrons. The highest BCUT2D eigenvalue weighted by Crippen LogP contribution is 2.44. The third-order valence-electron chi connectivity index (χ3n) is 6.21. The molecule has 3 atom stereocenters. The zero-order valence-electron chi connectivity index (χ0n) is 17.3. The van der Waals surface area contributed by atoms with Crippen molar-refractivity contribution in [1.29, 1.82) is 0 Å². The number of nitrogens with zero attached hydrogens (tertiary/aromatic N) is 1. The van der Waals surface area contributed by atoms with Crippen LogP contribution in [0, 0.1) is 18.8 Å². The number of thioether (sulfide) groups is 2. The molecule has 0 aliphatic heterocycles. The van der Waals surface area contributed by atoms with Gasteiger partial charge >= 0.3 is 0 Å². The summed E-state index contributed by atoms with van der Waals surface area (Å²) in [6.45, 7) is 2.13. The van der Waals surface area contributed by atoms with E-state index in [-0.39, 0.29) is 0 Å². The zero-order chi connectivity index (χ0) is 19.9. The van der Waals surface area contributed by atoms with Gasteiger partial charge in [-0.1, -0.05) is 73.3 Å². The Kier molecular flexibility index (Phi) is 7.56. The van der Waals surface area contributed by atoms with Crippen LogP contribution in [0.1, 0.15) is 50.5 Å². The van der Waals surface area contributed by atoms with Crippen LogP contribution >= 0.6 is 23.5 Å². The molecule has 0 bridgehead atoms. The van der Waals surface area contributed by atoms with Crippen molar-refractivity contribution in [3.63, 3.8) is 0 Å². The first-order chi connectivity index (χ1) is 14.3. The third-order valence-corrected chi connectivity index (χ3v) is 8.26. The van der Waals surface area contributed by atoms with Crippen LogP contribution in [0.15, 0.2) is 76.0 Å². The molecular weight excluding hydrogens is 390 g/mol. The number of aliphatic imine (C=N–C) groups is 1. The van der Waals surface area contributed by atoms with E-state index in [2.05, 4.69) is 73.0 Å². The second-order valence-corrected chi connectivity index (χ2v) is 10.7. The number of benzene rings is 2. The van der Waals surface area contributed by atoms with E-state index in [4.69, 9.17) is 4.99 Å². The van der Waals surface area contributed by atoms with Crippen LogP contribution in [0.4, 0.5) is 5.69 Å². The molecule has 0 N–H and O–H groups in total. The van der Waals surface area contributed by atoms with E-state index < -0.39 is 0 Å². The molecule has 0 aromatic heterocycles. The fourth-order valence-corrected chi connectivity index (χ4v) is 6.61. The Balaban J connectivity index is 1.44. The molecule has 2 aliphatic rings. The van der Waals surface area contributed by atoms with Crippen molar-refractivity contribution < 1.29 is 0 Å². The summed E-state index contributed by atoms with van der Waals surface area (Å²) < 4.78 is 0. The van der Waals surface area contributed by atoms with Gasteiger partial charge in [0.1, 0.15) is 0 Å². The quantitative estimate of drug-likeness (QED) is 0.273. The van der Waals surface area contributed by atoms with Crippen LogP contribution in [-0.4, -0.2) is 10.3 Å². The van der Waals surface area contributed by atoms with E-state index in [1.807, 2.05) is 11.8 Å². The smallest absolute Gasteiger partial charge is 0.0975 e. The van der Waals surface area contributed by atoms with Gasteiger partial charge in [0.05, 0.1) is 10.7 Å². The normalized spacial score (nSPS) is 25.1. The lowest BCUT2D eigenvalue weighted by Crippen LogP contribution is -2.29. The van der Waals surface area contributed by atoms with Crippen LogP contribution in [0.3, 0.4) is 0 Å². The molecule has 2 aliphatic carbocycles. The summed E-state index contributed by atoms with van der Waals surface area (Å²) in [5, 5.41) is 4.06. The van der Waals surface area contributed by atoms with E-state index in [0.717, 1.165) is 22.6 Å². The van der Waals surface area contributed by atoms with Crippen molar-refractivity contribution in [3.05, 3.63) is 71.6 Å². The predicted octanol–water partition coefficient (Wildman–Crippen LogP) is 8.42. The summed E-state index contributed by atoms with van der Waals surface area (Å²) in [7, 11) is 0. The van der Waals surface area contributed by atoms with Crippen molar-refractivity contribution in [1.82, 2.24) is 0 Å². The highest BCUT2D eigenvalue weighted by atomic mass is 32.2. The molecule has 3 unspecified atom stereocenters. The molecule has 0 spiro atoms. The molecule has 0 saturated heterocycles. The summed E-state index contributed by atoms with van der Waals surface area (Å²) >= 11 is 3.78. The summed E-state index contributed by atoms with van der Waals surface area (Å²) in [4.78, 5) is 6.26. The van der Waals surface area contributed by atoms with Gasteiger partial charge in [-0.15, -0.1) is 11.8 Å². The molecule has 0 heterocycles. The maximum Gasteiger partial charge on any atom is 0.0975 e. The average molecular weight is 422 g/mol. The molecule has 2 aromatic rings. The van der Waals surface area contributed by atoms with E-state index in [1.165, 1.54) is 55.4 Å². The lowest BCUT2D eigenvalue weighted by molar-refractivity contribution is 0.175. The highest BCUT2D eigenvalue weighted by Gasteiger charge is 2.32. The van der Waals surface area contributed by atoms with Crippen molar-refractivity contribution >= 4 is 34.3 Å². The summed E-state index contributed by atoms with van der Waals surface area (Å²) in [5.41, 5.74) is 2.35. The van der Waals surface area contributed by atoms with Crippen molar-refractivity contribution in [2.75, 3.05) is 0 Å². The van der Waals surface area contributed by atoms with Crippen LogP contribution in [-0.2, 0) is 0 Å². The second kappa shape index (κ2) is 10.5. The molecule has 4 rings (SSSR count). The Morgan fingerprint density at radius 3 is 2.45 bits per heavy atom. The van der Waals surface area contributed by atoms with Gasteiger partial charge in [0.15, 0.2) is 0 Å². The van der Waals surface area contributed by atoms with Gasteiger partial charge in [-0.25, -0.2) is 4.99 Å². The summed E-state index contributed by atoms with van der Waals surface area (Å²) in [6.07, 6.45) is 12.2. The molecule has 2 fully saturated rings. The third kappa shape index (κ3) is 6.26. The molecule has 2 saturated carbocycles. The lowest BCUT2D eigenvalue weighted by atomic mass is 9.71. The minimum Gasteiger partial charge on any atom is -0.242 e. The van der Waals surface area contributed by atoms with Gasteiger partial charge in [-0.2, -0.15) is 0 Å². The molecule has 1 nitrogen and oxygen atoms in total. The first-order valence-corrected chi connectivity index (χ1v) is 12.7. The average Bonchev–Trinajstić information content (AvgIpc) is 2.76. The van der Waals surface area contributed by atoms with Crippen molar-refractivity contribution in [2.45, 2.75) is 62.0 Å². The number of rotatable bonds is 5. The number of para-hydroxylation sites is 1. The summed E-state index contributed by atoms with van der Waals surface area (Å²) in [6, 6.07) is 19.1. The number of fused-ring (bicyclic) bond motifs is 1. The standard InChI is InChI=1S/C26H31NS2/c1-20-11-14-24(15-12-20)28-18-17-26(27-23-9-3-2-4-10-23)29-25-16-13-21-7-5-6-8-22(21)19-25/h2-4,9-12,14-15,17-18,21-22,25H,5-8,13,16,19H2,1H3. The van der Waals surface area contributed by atoms with E-state index >= 15 is 0 Å². The maximum atomic E-state index is 4.98. The van der Waals surface area contributed by atoms with Crippen LogP contribution < -0.4 is 0 Å². The minimum absolute atomic E-state index is 0.714. The van der Waals surface area contributed by atoms with Gasteiger partial charge in [-0.05, 0) is 73.8 Å². The Bertz CT molecular complexity index is 826. The molecule has 0 amide bonds. The van der Waals surface area contributed by atoms with Gasteiger partial charge in [-0.3, -0.25) is 0 Å². The van der Waals surface area contributed by atoms with Crippen LogP contribution in [0.25, 0.3) is 0 Å². The van der Waals surface area contributed by atoms with E-state index in [9.17, 15) is 0 Å². The SMILES string of the molecule is Cc1ccc(SC=CC(=Nc2ccccc2)SC2CCC3CCCCC3C2)cc1. The van der Waals surface area contributed by atoms with Crippen LogP contribution in [0.2, 0.25) is 0 Å². The Labute approximate surface area is 184 Å². The zero-order valence-corrected chi connectivity index (χ0v) is 18.9. The molecule has 152 valence electrons. The highest BCUT2D eigenvalue weighted by molar-refractivity contribution is 8.15. The lowest BCUT2D eigenvalue weighted by Gasteiger charge is -2.39. The largest absolute Gasteiger partial charge is 0.242 e. The predicted molar refractivity (Wildman–Crippen MR) is 130 cm³/mol. The summed E-state index contributed by atoms with van der Waals surface area (Å²) in [5.74, 6) is 1.96. The minimum atomic E-state index is 0.714. The maximum absolute atomic E-state index is 4.98. The number of hydrogen-bond acceptors (Lipinski definition) is 3. The fourth-order valence-electron chi connectivity index (χ4n) is 4.63. The topological polar surface area (TPSA) is 12.4 Å². The van der Waals surface area contributed by atoms with Gasteiger partial charge in [0, 0.05) is 10.1 Å². The molecule has 3 heteroatoms. The van der Waals surface area contributed by atoms with Gasteiger partial charge < -0.3 is 0 Å². The van der Waals surface area contributed by atoms with Gasteiger partial charge in [0.2, 0.25) is 0 Å². The van der Waals surface area contributed by atoms with Crippen LogP contribution in [0.5, 0.6) is 0 Å². The molecule has 2 aromatic carbocycles. The Morgan fingerprint density at radius 2 is 1.66 bits per heavy atom. The Morgan fingerprint density at radius 1 is 0.897 bits per heavy atom.